The molecule has 4 heteroatoms. The fourth-order valence-electron chi connectivity index (χ4n) is 1.05. The molecule has 1 aromatic carbocycles. The zero-order valence-electron chi connectivity index (χ0n) is 7.06. The van der Waals surface area contributed by atoms with Crippen LogP contribution in [0, 0.1) is 0 Å². The van der Waals surface area contributed by atoms with Crippen LogP contribution < -0.4 is 0 Å². The van der Waals surface area contributed by atoms with E-state index in [1.807, 2.05) is 0 Å². The molecular weight excluding hydrogens is 242 g/mol. The molecule has 0 atom stereocenters. The molecule has 0 aliphatic carbocycles. The molecule has 0 unspecified atom stereocenters. The molecule has 1 aromatic rings. The molecule has 0 aliphatic heterocycles. The van der Waals surface area contributed by atoms with Gasteiger partial charge in [0.15, 0.2) is 0 Å². The van der Waals surface area contributed by atoms with Crippen LogP contribution in [0.15, 0.2) is 22.7 Å². The third kappa shape index (κ3) is 3.04. The summed E-state index contributed by atoms with van der Waals surface area (Å²) in [5.41, 5.74) is 0.758. The van der Waals surface area contributed by atoms with Crippen LogP contribution in [0.25, 0.3) is 0 Å². The highest BCUT2D eigenvalue weighted by Gasteiger charge is 2.08. The van der Waals surface area contributed by atoms with Gasteiger partial charge >= 0.3 is 0 Å². The normalized spacial score (nSPS) is 10.8. The summed E-state index contributed by atoms with van der Waals surface area (Å²) in [6.45, 7) is 0.346. The van der Waals surface area contributed by atoms with E-state index in [1.165, 1.54) is 19.2 Å². The van der Waals surface area contributed by atoms with Gasteiger partial charge < -0.3 is 4.74 Å². The smallest absolute Gasteiger partial charge is 0.263 e. The first-order valence-corrected chi connectivity index (χ1v) is 4.49. The predicted octanol–water partition coefficient (Wildman–Crippen LogP) is 3.53. The summed E-state index contributed by atoms with van der Waals surface area (Å²) in [7, 11) is 1.53. The van der Waals surface area contributed by atoms with Crippen LogP contribution in [0.1, 0.15) is 17.6 Å². The Morgan fingerprint density at radius 2 is 2.08 bits per heavy atom. The molecule has 1 nitrogen and oxygen atoms in total. The van der Waals surface area contributed by atoms with Gasteiger partial charge in [-0.15, -0.1) is 0 Å². The fraction of sp³-hybridized carbons (Fsp3) is 0.333. The average Bonchev–Trinajstić information content (AvgIpc) is 2.03. The van der Waals surface area contributed by atoms with Crippen LogP contribution in [0.3, 0.4) is 0 Å². The Hall–Kier alpha value is -0.480. The number of benzene rings is 1. The topological polar surface area (TPSA) is 9.23 Å². The van der Waals surface area contributed by atoms with Crippen molar-refractivity contribution in [2.24, 2.45) is 0 Å². The lowest BCUT2D eigenvalue weighted by Crippen LogP contribution is -1.91. The summed E-state index contributed by atoms with van der Waals surface area (Å²) in [6, 6.07) is 4.61. The Bertz CT molecular complexity index is 289. The van der Waals surface area contributed by atoms with Gasteiger partial charge in [0.25, 0.3) is 6.43 Å². The second-order valence-electron chi connectivity index (χ2n) is 2.63. The first kappa shape index (κ1) is 10.6. The van der Waals surface area contributed by atoms with Crippen molar-refractivity contribution in [1.82, 2.24) is 0 Å². The molecule has 0 fully saturated rings. The molecule has 0 aliphatic rings. The SMILES string of the molecule is COCc1cc(Br)cc(C(F)F)c1. The first-order chi connectivity index (χ1) is 6.13. The van der Waals surface area contributed by atoms with Gasteiger partial charge in [0.2, 0.25) is 0 Å². The Balaban J connectivity index is 2.96. The summed E-state index contributed by atoms with van der Waals surface area (Å²) < 4.78 is 30.1. The molecule has 0 saturated carbocycles. The van der Waals surface area contributed by atoms with Gasteiger partial charge in [0, 0.05) is 17.1 Å². The number of hydrogen-bond donors (Lipinski definition) is 0. The summed E-state index contributed by atoms with van der Waals surface area (Å²) in [6.07, 6.45) is -2.44. The standard InChI is InChI=1S/C9H9BrF2O/c1-13-5-6-2-7(9(11)12)4-8(10)3-6/h2-4,9H,5H2,1H3. The molecule has 0 bridgehead atoms. The Morgan fingerprint density at radius 1 is 1.38 bits per heavy atom. The molecule has 13 heavy (non-hydrogen) atoms. The van der Waals surface area contributed by atoms with E-state index < -0.39 is 6.43 Å². The molecule has 1 rings (SSSR count). The van der Waals surface area contributed by atoms with Gasteiger partial charge in [-0.2, -0.15) is 0 Å². The van der Waals surface area contributed by atoms with Crippen LogP contribution in [0.5, 0.6) is 0 Å². The van der Waals surface area contributed by atoms with Crippen molar-refractivity contribution in [3.63, 3.8) is 0 Å². The van der Waals surface area contributed by atoms with Crippen molar-refractivity contribution in [1.29, 1.82) is 0 Å². The lowest BCUT2D eigenvalue weighted by atomic mass is 10.1. The van der Waals surface area contributed by atoms with E-state index >= 15 is 0 Å². The lowest BCUT2D eigenvalue weighted by molar-refractivity contribution is 0.150. The number of rotatable bonds is 3. The van der Waals surface area contributed by atoms with Crippen LogP contribution in [-0.4, -0.2) is 7.11 Å². The molecule has 72 valence electrons. The minimum atomic E-state index is -2.44. The molecule has 0 aromatic heterocycles. The molecule has 0 heterocycles. The van der Waals surface area contributed by atoms with E-state index in [2.05, 4.69) is 15.9 Å². The number of alkyl halides is 2. The first-order valence-electron chi connectivity index (χ1n) is 3.70. The Labute approximate surface area is 83.8 Å². The highest BCUT2D eigenvalue weighted by Crippen LogP contribution is 2.24. The van der Waals surface area contributed by atoms with Crippen LogP contribution in [0.4, 0.5) is 8.78 Å². The van der Waals surface area contributed by atoms with Crippen LogP contribution in [-0.2, 0) is 11.3 Å². The van der Waals surface area contributed by atoms with Gasteiger partial charge in [0.1, 0.15) is 0 Å². The third-order valence-corrected chi connectivity index (χ3v) is 2.00. The monoisotopic (exact) mass is 250 g/mol. The van der Waals surface area contributed by atoms with E-state index in [4.69, 9.17) is 4.74 Å². The molecule has 0 saturated heterocycles. The van der Waals surface area contributed by atoms with E-state index in [0.29, 0.717) is 11.1 Å². The molecule has 0 amide bonds. The highest BCUT2D eigenvalue weighted by atomic mass is 79.9. The van der Waals surface area contributed by atoms with Gasteiger partial charge in [-0.1, -0.05) is 15.9 Å². The van der Waals surface area contributed by atoms with Crippen molar-refractivity contribution in [3.05, 3.63) is 33.8 Å². The van der Waals surface area contributed by atoms with Crippen molar-refractivity contribution in [3.8, 4) is 0 Å². The molecule has 0 N–H and O–H groups in total. The fourth-order valence-corrected chi connectivity index (χ4v) is 1.61. The minimum Gasteiger partial charge on any atom is -0.380 e. The number of halogens is 3. The predicted molar refractivity (Wildman–Crippen MR) is 49.8 cm³/mol. The largest absolute Gasteiger partial charge is 0.380 e. The van der Waals surface area contributed by atoms with Gasteiger partial charge in [-0.05, 0) is 23.8 Å². The minimum absolute atomic E-state index is 0.0152. The number of methoxy groups -OCH3 is 1. The van der Waals surface area contributed by atoms with Gasteiger partial charge in [-0.3, -0.25) is 0 Å². The van der Waals surface area contributed by atoms with Crippen LogP contribution >= 0.6 is 15.9 Å². The van der Waals surface area contributed by atoms with Crippen molar-refractivity contribution in [2.45, 2.75) is 13.0 Å². The van der Waals surface area contributed by atoms with Crippen molar-refractivity contribution in [2.75, 3.05) is 7.11 Å². The quantitative estimate of drug-likeness (QED) is 0.798. The molecule has 0 spiro atoms. The summed E-state index contributed by atoms with van der Waals surface area (Å²) in [4.78, 5) is 0. The average molecular weight is 251 g/mol. The second-order valence-corrected chi connectivity index (χ2v) is 3.54. The highest BCUT2D eigenvalue weighted by molar-refractivity contribution is 9.10. The molecular formula is C9H9BrF2O. The van der Waals surface area contributed by atoms with Crippen molar-refractivity contribution < 1.29 is 13.5 Å². The maximum Gasteiger partial charge on any atom is 0.263 e. The number of hydrogen-bond acceptors (Lipinski definition) is 1. The Kier molecular flexibility index (Phi) is 3.81. The van der Waals surface area contributed by atoms with E-state index in [0.717, 1.165) is 5.56 Å². The maximum atomic E-state index is 12.3. The van der Waals surface area contributed by atoms with Gasteiger partial charge in [-0.25, -0.2) is 8.78 Å². The zero-order chi connectivity index (χ0) is 9.84. The summed E-state index contributed by atoms with van der Waals surface area (Å²) in [5, 5.41) is 0. The second kappa shape index (κ2) is 4.67. The van der Waals surface area contributed by atoms with E-state index in [-0.39, 0.29) is 5.56 Å². The Morgan fingerprint density at radius 3 is 2.62 bits per heavy atom. The molecule has 0 radical (unpaired) electrons. The maximum absolute atomic E-state index is 12.3. The summed E-state index contributed by atoms with van der Waals surface area (Å²) >= 11 is 3.16. The zero-order valence-corrected chi connectivity index (χ0v) is 8.64. The van der Waals surface area contributed by atoms with Crippen LogP contribution in [0.2, 0.25) is 0 Å². The lowest BCUT2D eigenvalue weighted by Gasteiger charge is -2.05. The number of ether oxygens (including phenoxy) is 1. The van der Waals surface area contributed by atoms with Gasteiger partial charge in [0.05, 0.1) is 6.61 Å². The third-order valence-electron chi connectivity index (χ3n) is 1.54. The summed E-state index contributed by atoms with van der Waals surface area (Å²) in [5.74, 6) is 0. The van der Waals surface area contributed by atoms with E-state index in [9.17, 15) is 8.78 Å². The van der Waals surface area contributed by atoms with E-state index in [1.54, 1.807) is 6.07 Å². The van der Waals surface area contributed by atoms with Crippen molar-refractivity contribution >= 4 is 15.9 Å².